The Bertz CT molecular complexity index is 1410. The fraction of sp³-hybridized carbons (Fsp3) is 0.267. The van der Waals surface area contributed by atoms with Crippen LogP contribution in [0.3, 0.4) is 0 Å². The molecule has 0 unspecified atom stereocenters. The van der Waals surface area contributed by atoms with Crippen LogP contribution in [0.25, 0.3) is 10.9 Å². The third-order valence-electron chi connectivity index (χ3n) is 6.94. The smallest absolute Gasteiger partial charge is 0.196 e. The molecule has 3 aromatic carbocycles. The van der Waals surface area contributed by atoms with E-state index in [9.17, 15) is 4.79 Å². The number of ether oxygens (including phenoxy) is 3. The van der Waals surface area contributed by atoms with Gasteiger partial charge in [0.05, 0.1) is 38.1 Å². The van der Waals surface area contributed by atoms with E-state index in [1.165, 1.54) is 0 Å². The summed E-state index contributed by atoms with van der Waals surface area (Å²) in [4.78, 5) is 23.0. The van der Waals surface area contributed by atoms with E-state index >= 15 is 0 Å². The lowest BCUT2D eigenvalue weighted by atomic mass is 9.98. The predicted molar refractivity (Wildman–Crippen MR) is 147 cm³/mol. The fourth-order valence-corrected chi connectivity index (χ4v) is 4.85. The van der Waals surface area contributed by atoms with Crippen molar-refractivity contribution in [2.45, 2.75) is 6.92 Å². The molecule has 0 N–H and O–H groups in total. The molecule has 1 aromatic heterocycles. The van der Waals surface area contributed by atoms with Crippen LogP contribution < -0.4 is 24.0 Å². The van der Waals surface area contributed by atoms with Crippen LogP contribution in [0.15, 0.2) is 66.9 Å². The number of rotatable bonds is 7. The number of anilines is 2. The van der Waals surface area contributed by atoms with E-state index in [0.717, 1.165) is 59.8 Å². The van der Waals surface area contributed by atoms with E-state index in [2.05, 4.69) is 26.9 Å². The number of carbonyl (C=O) groups excluding carboxylic acids is 1. The summed E-state index contributed by atoms with van der Waals surface area (Å²) in [6.07, 6.45) is 1.70. The number of methoxy groups -OCH3 is 3. The Morgan fingerprint density at radius 1 is 0.784 bits per heavy atom. The Morgan fingerprint density at radius 3 is 2.03 bits per heavy atom. The standard InChI is InChI=1S/C30H31N3O4/c1-20-5-7-21(8-6-20)30(34)25-19-31-26-18-28(37-4)27(36-3)17-24(26)29(25)33-15-13-32(14-16-33)22-9-11-23(35-2)12-10-22/h5-12,17-19H,13-16H2,1-4H3. The van der Waals surface area contributed by atoms with Crippen LogP contribution in [0.5, 0.6) is 17.2 Å². The van der Waals surface area contributed by atoms with Crippen molar-refractivity contribution in [3.8, 4) is 17.2 Å². The molecule has 190 valence electrons. The van der Waals surface area contributed by atoms with Crippen molar-refractivity contribution in [3.05, 3.63) is 83.6 Å². The van der Waals surface area contributed by atoms with Crippen molar-refractivity contribution in [1.82, 2.24) is 4.98 Å². The van der Waals surface area contributed by atoms with Crippen molar-refractivity contribution >= 4 is 28.1 Å². The van der Waals surface area contributed by atoms with Gasteiger partial charge in [-0.2, -0.15) is 0 Å². The highest BCUT2D eigenvalue weighted by molar-refractivity contribution is 6.16. The van der Waals surface area contributed by atoms with Gasteiger partial charge in [-0.25, -0.2) is 0 Å². The van der Waals surface area contributed by atoms with E-state index in [-0.39, 0.29) is 5.78 Å². The highest BCUT2D eigenvalue weighted by Gasteiger charge is 2.26. The van der Waals surface area contributed by atoms with Crippen molar-refractivity contribution in [1.29, 1.82) is 0 Å². The molecule has 7 nitrogen and oxygen atoms in total. The normalized spacial score (nSPS) is 13.5. The summed E-state index contributed by atoms with van der Waals surface area (Å²) in [5.74, 6) is 2.01. The van der Waals surface area contributed by atoms with Gasteiger partial charge in [0.25, 0.3) is 0 Å². The minimum absolute atomic E-state index is 0.0447. The molecular weight excluding hydrogens is 466 g/mol. The first kappa shape index (κ1) is 24.4. The summed E-state index contributed by atoms with van der Waals surface area (Å²) in [7, 11) is 4.90. The second-order valence-electron chi connectivity index (χ2n) is 9.11. The molecule has 2 heterocycles. The molecule has 0 spiro atoms. The van der Waals surface area contributed by atoms with Gasteiger partial charge in [0.15, 0.2) is 17.3 Å². The lowest BCUT2D eigenvalue weighted by Gasteiger charge is -2.38. The Labute approximate surface area is 217 Å². The molecule has 37 heavy (non-hydrogen) atoms. The van der Waals surface area contributed by atoms with E-state index < -0.39 is 0 Å². The Balaban J connectivity index is 1.55. The molecule has 5 rings (SSSR count). The summed E-state index contributed by atoms with van der Waals surface area (Å²) in [5.41, 5.74) is 5.13. The average molecular weight is 498 g/mol. The Kier molecular flexibility index (Phi) is 6.86. The second-order valence-corrected chi connectivity index (χ2v) is 9.11. The summed E-state index contributed by atoms with van der Waals surface area (Å²) in [6.45, 7) is 5.17. The van der Waals surface area contributed by atoms with Crippen LogP contribution in [0.1, 0.15) is 21.5 Å². The molecule has 0 atom stereocenters. The van der Waals surface area contributed by atoms with Crippen LogP contribution >= 0.6 is 0 Å². The van der Waals surface area contributed by atoms with E-state index in [1.807, 2.05) is 55.5 Å². The van der Waals surface area contributed by atoms with E-state index in [4.69, 9.17) is 14.2 Å². The Hall–Kier alpha value is -4.26. The first-order valence-corrected chi connectivity index (χ1v) is 12.3. The molecule has 1 aliphatic rings. The third kappa shape index (κ3) is 4.77. The number of fused-ring (bicyclic) bond motifs is 1. The molecule has 7 heteroatoms. The van der Waals surface area contributed by atoms with Crippen molar-refractivity contribution < 1.29 is 19.0 Å². The van der Waals surface area contributed by atoms with Gasteiger partial charge in [-0.1, -0.05) is 29.8 Å². The number of aryl methyl sites for hydroxylation is 1. The number of benzene rings is 3. The molecule has 1 fully saturated rings. The van der Waals surface area contributed by atoms with Gasteiger partial charge in [-0.3, -0.25) is 9.78 Å². The number of ketones is 1. The molecular formula is C30H31N3O4. The van der Waals surface area contributed by atoms with Crippen LogP contribution in [0.4, 0.5) is 11.4 Å². The quantitative estimate of drug-likeness (QED) is 0.328. The SMILES string of the molecule is COc1ccc(N2CCN(c3c(C(=O)c4ccc(C)cc4)cnc4cc(OC)c(OC)cc34)CC2)cc1. The van der Waals surface area contributed by atoms with E-state index in [0.29, 0.717) is 22.6 Å². The summed E-state index contributed by atoms with van der Waals surface area (Å²) < 4.78 is 16.4. The largest absolute Gasteiger partial charge is 0.497 e. The topological polar surface area (TPSA) is 64.1 Å². The molecule has 4 aromatic rings. The van der Waals surface area contributed by atoms with Gasteiger partial charge in [0.1, 0.15) is 5.75 Å². The zero-order chi connectivity index (χ0) is 25.9. The molecule has 0 saturated carbocycles. The first-order valence-electron chi connectivity index (χ1n) is 12.3. The van der Waals surface area contributed by atoms with Gasteiger partial charge in [-0.05, 0) is 37.3 Å². The predicted octanol–water partition coefficient (Wildman–Crippen LogP) is 5.13. The zero-order valence-corrected chi connectivity index (χ0v) is 21.7. The van der Waals surface area contributed by atoms with Crippen molar-refractivity contribution in [2.24, 2.45) is 0 Å². The number of hydrogen-bond acceptors (Lipinski definition) is 7. The number of aromatic nitrogens is 1. The number of piperazine rings is 1. The number of hydrogen-bond donors (Lipinski definition) is 0. The lowest BCUT2D eigenvalue weighted by Crippen LogP contribution is -2.47. The molecule has 0 bridgehead atoms. The van der Waals surface area contributed by atoms with Crippen molar-refractivity contribution in [2.75, 3.05) is 57.3 Å². The average Bonchev–Trinajstić information content (AvgIpc) is 2.96. The van der Waals surface area contributed by atoms with Gasteiger partial charge in [0.2, 0.25) is 0 Å². The summed E-state index contributed by atoms with van der Waals surface area (Å²) in [5, 5.41) is 0.869. The molecule has 0 amide bonds. The van der Waals surface area contributed by atoms with Crippen LogP contribution in [-0.2, 0) is 0 Å². The number of nitrogens with zero attached hydrogens (tertiary/aromatic N) is 3. The maximum Gasteiger partial charge on any atom is 0.196 e. The minimum Gasteiger partial charge on any atom is -0.497 e. The summed E-state index contributed by atoms with van der Waals surface area (Å²) >= 11 is 0. The minimum atomic E-state index is -0.0447. The maximum absolute atomic E-state index is 13.7. The fourth-order valence-electron chi connectivity index (χ4n) is 4.85. The number of carbonyl (C=O) groups is 1. The van der Waals surface area contributed by atoms with Gasteiger partial charge >= 0.3 is 0 Å². The zero-order valence-electron chi connectivity index (χ0n) is 21.7. The van der Waals surface area contributed by atoms with Gasteiger partial charge < -0.3 is 24.0 Å². The Morgan fingerprint density at radius 2 is 1.41 bits per heavy atom. The lowest BCUT2D eigenvalue weighted by molar-refractivity contribution is 0.103. The molecule has 0 radical (unpaired) electrons. The van der Waals surface area contributed by atoms with Crippen LogP contribution in [0.2, 0.25) is 0 Å². The van der Waals surface area contributed by atoms with Gasteiger partial charge in [0, 0.05) is 55.1 Å². The van der Waals surface area contributed by atoms with E-state index in [1.54, 1.807) is 27.5 Å². The molecule has 1 saturated heterocycles. The van der Waals surface area contributed by atoms with Crippen LogP contribution in [0, 0.1) is 6.92 Å². The summed E-state index contributed by atoms with van der Waals surface area (Å²) in [6, 6.07) is 19.6. The third-order valence-corrected chi connectivity index (χ3v) is 6.94. The van der Waals surface area contributed by atoms with Crippen molar-refractivity contribution in [3.63, 3.8) is 0 Å². The second kappa shape index (κ2) is 10.4. The first-order chi connectivity index (χ1) is 18.0. The highest BCUT2D eigenvalue weighted by Crippen LogP contribution is 2.39. The monoisotopic (exact) mass is 497 g/mol. The number of pyridine rings is 1. The molecule has 1 aliphatic heterocycles. The van der Waals surface area contributed by atoms with Crippen LogP contribution in [-0.4, -0.2) is 58.3 Å². The maximum atomic E-state index is 13.7. The molecule has 0 aliphatic carbocycles. The highest BCUT2D eigenvalue weighted by atomic mass is 16.5. The van der Waals surface area contributed by atoms with Gasteiger partial charge in [-0.15, -0.1) is 0 Å².